The molecule has 0 saturated carbocycles. The van der Waals surface area contributed by atoms with Crippen LogP contribution in [0.1, 0.15) is 55.8 Å². The van der Waals surface area contributed by atoms with Crippen LogP contribution < -0.4 is 4.90 Å². The first kappa shape index (κ1) is 19.7. The zero-order valence-corrected chi connectivity index (χ0v) is 17.0. The second kappa shape index (κ2) is 8.32. The first-order valence-electron chi connectivity index (χ1n) is 10.3. The van der Waals surface area contributed by atoms with Crippen molar-refractivity contribution in [2.24, 2.45) is 5.41 Å². The van der Waals surface area contributed by atoms with Crippen molar-refractivity contribution in [1.82, 2.24) is 9.80 Å². The molecule has 1 atom stereocenters. The van der Waals surface area contributed by atoms with Gasteiger partial charge in [-0.15, -0.1) is 0 Å². The first-order valence-corrected chi connectivity index (χ1v) is 10.3. The highest BCUT2D eigenvalue weighted by atomic mass is 16.2. The van der Waals surface area contributed by atoms with Gasteiger partial charge in [-0.05, 0) is 37.8 Å². The van der Waals surface area contributed by atoms with Crippen molar-refractivity contribution in [3.8, 4) is 0 Å². The third-order valence-electron chi connectivity index (χ3n) is 6.09. The molecule has 0 unspecified atom stereocenters. The quantitative estimate of drug-likeness (QED) is 0.797. The third-order valence-corrected chi connectivity index (χ3v) is 6.09. The largest absolute Gasteiger partial charge is 0.377 e. The van der Waals surface area contributed by atoms with Crippen LogP contribution in [0.2, 0.25) is 0 Å². The number of nitrogens with zero attached hydrogens (tertiary/aromatic N) is 3. The molecule has 148 valence electrons. The van der Waals surface area contributed by atoms with Crippen LogP contribution >= 0.6 is 0 Å². The lowest BCUT2D eigenvalue weighted by molar-refractivity contribution is -0.139. The van der Waals surface area contributed by atoms with Gasteiger partial charge in [0.2, 0.25) is 5.91 Å². The summed E-state index contributed by atoms with van der Waals surface area (Å²) in [5.74, 6) is 0.408. The fourth-order valence-electron chi connectivity index (χ4n) is 4.58. The van der Waals surface area contributed by atoms with Crippen LogP contribution in [0.4, 0.5) is 5.69 Å². The normalized spacial score (nSPS) is 23.0. The third kappa shape index (κ3) is 4.28. The summed E-state index contributed by atoms with van der Waals surface area (Å²) in [4.78, 5) is 31.7. The number of para-hydroxylation sites is 1. The second-order valence-corrected chi connectivity index (χ2v) is 8.41. The van der Waals surface area contributed by atoms with Crippen molar-refractivity contribution in [1.29, 1.82) is 0 Å². The molecular weight excluding hydrogens is 338 g/mol. The van der Waals surface area contributed by atoms with Gasteiger partial charge in [-0.25, -0.2) is 0 Å². The number of hydrogen-bond acceptors (Lipinski definition) is 3. The average molecular weight is 372 g/mol. The molecule has 3 rings (SSSR count). The summed E-state index contributed by atoms with van der Waals surface area (Å²) in [5, 5.41) is 0. The summed E-state index contributed by atoms with van der Waals surface area (Å²) < 4.78 is 0. The molecule has 2 fully saturated rings. The summed E-state index contributed by atoms with van der Waals surface area (Å²) in [6, 6.07) is 7.84. The van der Waals surface area contributed by atoms with Crippen molar-refractivity contribution in [2.75, 3.05) is 45.2 Å². The van der Waals surface area contributed by atoms with Crippen molar-refractivity contribution >= 4 is 17.5 Å². The number of likely N-dealkylation sites (tertiary alicyclic amines) is 2. The molecule has 0 aromatic heterocycles. The van der Waals surface area contributed by atoms with Crippen molar-refractivity contribution in [3.63, 3.8) is 0 Å². The maximum Gasteiger partial charge on any atom is 0.255 e. The Hall–Kier alpha value is -2.04. The van der Waals surface area contributed by atoms with Crippen LogP contribution in [-0.4, -0.2) is 61.9 Å². The van der Waals surface area contributed by atoms with E-state index in [0.717, 1.165) is 69.5 Å². The summed E-state index contributed by atoms with van der Waals surface area (Å²) in [5.41, 5.74) is 1.81. The van der Waals surface area contributed by atoms with Gasteiger partial charge < -0.3 is 14.7 Å². The number of amides is 2. The van der Waals surface area contributed by atoms with Crippen molar-refractivity contribution in [3.05, 3.63) is 29.8 Å². The molecule has 2 heterocycles. The summed E-state index contributed by atoms with van der Waals surface area (Å²) in [6.07, 6.45) is 5.82. The van der Waals surface area contributed by atoms with Crippen molar-refractivity contribution < 1.29 is 9.59 Å². The van der Waals surface area contributed by atoms with E-state index in [1.165, 1.54) is 0 Å². The minimum atomic E-state index is 0.0720. The molecule has 1 aromatic carbocycles. The fourth-order valence-corrected chi connectivity index (χ4v) is 4.58. The summed E-state index contributed by atoms with van der Waals surface area (Å²) >= 11 is 0. The molecule has 5 heteroatoms. The Kier molecular flexibility index (Phi) is 6.08. The summed E-state index contributed by atoms with van der Waals surface area (Å²) in [6.45, 7) is 5.40. The number of benzene rings is 1. The number of piperidine rings is 2. The van der Waals surface area contributed by atoms with Crippen molar-refractivity contribution in [2.45, 2.75) is 45.4 Å². The number of carbonyl (C=O) groups excluding carboxylic acids is 2. The van der Waals surface area contributed by atoms with Gasteiger partial charge in [-0.3, -0.25) is 9.59 Å². The van der Waals surface area contributed by atoms with Gasteiger partial charge in [-0.2, -0.15) is 0 Å². The lowest BCUT2D eigenvalue weighted by Crippen LogP contribution is -2.55. The zero-order valence-electron chi connectivity index (χ0n) is 17.0. The minimum absolute atomic E-state index is 0.0720. The van der Waals surface area contributed by atoms with E-state index in [0.29, 0.717) is 6.42 Å². The van der Waals surface area contributed by atoms with Crippen LogP contribution in [-0.2, 0) is 4.79 Å². The predicted molar refractivity (Wildman–Crippen MR) is 109 cm³/mol. The van der Waals surface area contributed by atoms with Crippen LogP contribution in [0, 0.1) is 5.41 Å². The average Bonchev–Trinajstić information content (AvgIpc) is 2.68. The van der Waals surface area contributed by atoms with E-state index in [1.54, 1.807) is 0 Å². The Labute approximate surface area is 163 Å². The molecule has 0 bridgehead atoms. The highest BCUT2D eigenvalue weighted by molar-refractivity contribution is 5.99. The van der Waals surface area contributed by atoms with Gasteiger partial charge in [0.05, 0.1) is 5.56 Å². The molecule has 1 spiro atoms. The van der Waals surface area contributed by atoms with Gasteiger partial charge in [0.15, 0.2) is 0 Å². The monoisotopic (exact) mass is 371 g/mol. The van der Waals surface area contributed by atoms with E-state index < -0.39 is 0 Å². The molecule has 2 saturated heterocycles. The Morgan fingerprint density at radius 3 is 2.70 bits per heavy atom. The zero-order chi connectivity index (χ0) is 19.4. The molecule has 27 heavy (non-hydrogen) atoms. The highest BCUT2D eigenvalue weighted by Gasteiger charge is 2.42. The number of anilines is 1. The van der Waals surface area contributed by atoms with Gasteiger partial charge >= 0.3 is 0 Å². The smallest absolute Gasteiger partial charge is 0.255 e. The molecule has 0 radical (unpaired) electrons. The van der Waals surface area contributed by atoms with E-state index in [4.69, 9.17) is 0 Å². The molecule has 2 aliphatic heterocycles. The van der Waals surface area contributed by atoms with Gasteiger partial charge in [0.1, 0.15) is 0 Å². The van der Waals surface area contributed by atoms with E-state index >= 15 is 0 Å². The Morgan fingerprint density at radius 2 is 1.96 bits per heavy atom. The number of hydrogen-bond donors (Lipinski definition) is 0. The van der Waals surface area contributed by atoms with Crippen LogP contribution in [0.25, 0.3) is 0 Å². The lowest BCUT2D eigenvalue weighted by atomic mass is 9.73. The van der Waals surface area contributed by atoms with Crippen LogP contribution in [0.3, 0.4) is 0 Å². The van der Waals surface area contributed by atoms with E-state index in [2.05, 4.69) is 11.8 Å². The van der Waals surface area contributed by atoms with E-state index in [1.807, 2.05) is 48.2 Å². The van der Waals surface area contributed by atoms with Gasteiger partial charge in [-0.1, -0.05) is 25.5 Å². The van der Waals surface area contributed by atoms with E-state index in [9.17, 15) is 9.59 Å². The molecule has 1 aromatic rings. The maximum absolute atomic E-state index is 13.3. The maximum atomic E-state index is 13.3. The highest BCUT2D eigenvalue weighted by Crippen LogP contribution is 2.39. The van der Waals surface area contributed by atoms with Gasteiger partial charge in [0, 0.05) is 57.8 Å². The minimum Gasteiger partial charge on any atom is -0.377 e. The Balaban J connectivity index is 1.76. The molecule has 0 N–H and O–H groups in total. The van der Waals surface area contributed by atoms with Crippen LogP contribution in [0.15, 0.2) is 24.3 Å². The standard InChI is InChI=1S/C22H33N3O2/c1-4-5-14-24-16-22(13-11-20(24)26)12-8-15-25(17-22)21(27)18-9-6-7-10-19(18)23(2)3/h6-7,9-10H,4-5,8,11-17H2,1-3H3/t22-/m1/s1. The van der Waals surface area contributed by atoms with E-state index in [-0.39, 0.29) is 17.2 Å². The summed E-state index contributed by atoms with van der Waals surface area (Å²) in [7, 11) is 3.95. The Morgan fingerprint density at radius 1 is 1.19 bits per heavy atom. The number of rotatable bonds is 5. The van der Waals surface area contributed by atoms with Crippen LogP contribution in [0.5, 0.6) is 0 Å². The SMILES string of the molecule is CCCCN1C[C@@]2(CCCN(C(=O)c3ccccc3N(C)C)C2)CCC1=O. The lowest BCUT2D eigenvalue weighted by Gasteiger charge is -2.48. The number of carbonyl (C=O) groups is 2. The Bertz CT molecular complexity index is 688. The first-order chi connectivity index (χ1) is 13.0. The molecule has 5 nitrogen and oxygen atoms in total. The fraction of sp³-hybridized carbons (Fsp3) is 0.636. The predicted octanol–water partition coefficient (Wildman–Crippen LogP) is 3.40. The number of unbranched alkanes of at least 4 members (excludes halogenated alkanes) is 1. The molecule has 0 aliphatic carbocycles. The molecule has 2 amide bonds. The topological polar surface area (TPSA) is 43.9 Å². The molecular formula is C22H33N3O2. The molecule has 2 aliphatic rings. The second-order valence-electron chi connectivity index (χ2n) is 8.41. The van der Waals surface area contributed by atoms with Gasteiger partial charge in [0.25, 0.3) is 5.91 Å².